The molecule has 0 unspecified atom stereocenters. The molecule has 1 aromatic rings. The van der Waals surface area contributed by atoms with Crippen molar-refractivity contribution < 1.29 is 9.59 Å². The third kappa shape index (κ3) is 4.95. The molecule has 0 atom stereocenters. The van der Waals surface area contributed by atoms with Gasteiger partial charge < -0.3 is 10.2 Å². The van der Waals surface area contributed by atoms with Gasteiger partial charge in [0, 0.05) is 27.6 Å². The number of halogens is 2. The van der Waals surface area contributed by atoms with Crippen LogP contribution < -0.4 is 5.32 Å². The smallest absolute Gasteiger partial charge is 0.251 e. The van der Waals surface area contributed by atoms with E-state index in [0.717, 1.165) is 8.95 Å². The highest BCUT2D eigenvalue weighted by Gasteiger charge is 2.12. The fourth-order valence-electron chi connectivity index (χ4n) is 1.63. The molecule has 0 radical (unpaired) electrons. The van der Waals surface area contributed by atoms with Gasteiger partial charge in [0.05, 0.1) is 6.54 Å². The van der Waals surface area contributed by atoms with E-state index in [2.05, 4.69) is 37.2 Å². The topological polar surface area (TPSA) is 49.4 Å². The lowest BCUT2D eigenvalue weighted by atomic mass is 10.2. The molecule has 0 fully saturated rings. The summed E-state index contributed by atoms with van der Waals surface area (Å²) in [5, 5.41) is 2.63. The molecule has 0 aliphatic rings. The summed E-state index contributed by atoms with van der Waals surface area (Å²) < 4.78 is 1.61. The monoisotopic (exact) mass is 390 g/mol. The minimum Gasteiger partial charge on any atom is -0.343 e. The highest BCUT2D eigenvalue weighted by atomic mass is 79.9. The van der Waals surface area contributed by atoms with Gasteiger partial charge in [-0.3, -0.25) is 9.59 Å². The standard InChI is InChI=1S/C13H16Br2N2O2/c1-3-17(4-2)12(18)8-16-13(19)9-5-10(14)7-11(15)6-9/h5-7H,3-4,8H2,1-2H3,(H,16,19). The molecule has 6 heteroatoms. The Balaban J connectivity index is 2.63. The highest BCUT2D eigenvalue weighted by molar-refractivity contribution is 9.11. The van der Waals surface area contributed by atoms with E-state index in [4.69, 9.17) is 0 Å². The van der Waals surface area contributed by atoms with Crippen molar-refractivity contribution in [1.29, 1.82) is 0 Å². The average Bonchev–Trinajstić information content (AvgIpc) is 2.36. The van der Waals surface area contributed by atoms with Crippen LogP contribution in [-0.2, 0) is 4.79 Å². The fourth-order valence-corrected chi connectivity index (χ4v) is 2.92. The Bertz CT molecular complexity index is 453. The van der Waals surface area contributed by atoms with Gasteiger partial charge in [0.25, 0.3) is 5.91 Å². The lowest BCUT2D eigenvalue weighted by Gasteiger charge is -2.18. The molecule has 1 rings (SSSR count). The summed E-state index contributed by atoms with van der Waals surface area (Å²) in [5.74, 6) is -0.338. The van der Waals surface area contributed by atoms with Crippen molar-refractivity contribution in [3.05, 3.63) is 32.7 Å². The van der Waals surface area contributed by atoms with Crippen LogP contribution in [0.25, 0.3) is 0 Å². The Morgan fingerprint density at radius 3 is 2.11 bits per heavy atom. The number of nitrogens with zero attached hydrogens (tertiary/aromatic N) is 1. The van der Waals surface area contributed by atoms with Gasteiger partial charge in [-0.05, 0) is 32.0 Å². The number of hydrogen-bond donors (Lipinski definition) is 1. The third-order valence-electron chi connectivity index (χ3n) is 2.64. The molecular weight excluding hydrogens is 376 g/mol. The second-order valence-corrected chi connectivity index (χ2v) is 5.74. The highest BCUT2D eigenvalue weighted by Crippen LogP contribution is 2.19. The maximum Gasteiger partial charge on any atom is 0.251 e. The van der Waals surface area contributed by atoms with E-state index in [1.54, 1.807) is 17.0 Å². The van der Waals surface area contributed by atoms with Crippen molar-refractivity contribution in [3.63, 3.8) is 0 Å². The van der Waals surface area contributed by atoms with Gasteiger partial charge >= 0.3 is 0 Å². The first kappa shape index (κ1) is 16.2. The predicted molar refractivity (Wildman–Crippen MR) is 82.1 cm³/mol. The molecule has 0 aliphatic carbocycles. The van der Waals surface area contributed by atoms with Crippen molar-refractivity contribution in [1.82, 2.24) is 10.2 Å². The zero-order valence-corrected chi connectivity index (χ0v) is 14.0. The molecule has 1 aromatic carbocycles. The number of likely N-dealkylation sites (N-methyl/N-ethyl adjacent to an activating group) is 1. The number of benzene rings is 1. The summed E-state index contributed by atoms with van der Waals surface area (Å²) in [6.07, 6.45) is 0. The number of carbonyl (C=O) groups is 2. The Morgan fingerprint density at radius 2 is 1.63 bits per heavy atom. The van der Waals surface area contributed by atoms with Gasteiger partial charge in [0.2, 0.25) is 5.91 Å². The van der Waals surface area contributed by atoms with Crippen molar-refractivity contribution >= 4 is 43.7 Å². The van der Waals surface area contributed by atoms with Crippen LogP contribution in [0, 0.1) is 0 Å². The Hall–Kier alpha value is -0.880. The molecule has 4 nitrogen and oxygen atoms in total. The summed E-state index contributed by atoms with van der Waals surface area (Å²) in [7, 11) is 0. The zero-order valence-electron chi connectivity index (χ0n) is 10.9. The van der Waals surface area contributed by atoms with Crippen LogP contribution in [0.4, 0.5) is 0 Å². The second kappa shape index (κ2) is 7.65. The van der Waals surface area contributed by atoms with E-state index in [1.165, 1.54) is 0 Å². The lowest BCUT2D eigenvalue weighted by Crippen LogP contribution is -2.40. The van der Waals surface area contributed by atoms with Crippen molar-refractivity contribution in [2.45, 2.75) is 13.8 Å². The van der Waals surface area contributed by atoms with E-state index < -0.39 is 0 Å². The SMILES string of the molecule is CCN(CC)C(=O)CNC(=O)c1cc(Br)cc(Br)c1. The number of nitrogens with one attached hydrogen (secondary N) is 1. The summed E-state index contributed by atoms with van der Waals surface area (Å²) in [6.45, 7) is 5.13. The molecule has 1 N–H and O–H groups in total. The van der Waals surface area contributed by atoms with Gasteiger partial charge in [-0.15, -0.1) is 0 Å². The first-order valence-corrected chi connectivity index (χ1v) is 7.58. The number of amides is 2. The van der Waals surface area contributed by atoms with Crippen molar-refractivity contribution in [3.8, 4) is 0 Å². The number of hydrogen-bond acceptors (Lipinski definition) is 2. The van der Waals surface area contributed by atoms with Crippen molar-refractivity contribution in [2.75, 3.05) is 19.6 Å². The maximum atomic E-state index is 11.9. The molecule has 19 heavy (non-hydrogen) atoms. The lowest BCUT2D eigenvalue weighted by molar-refractivity contribution is -0.129. The number of carbonyl (C=O) groups excluding carboxylic acids is 2. The molecule has 0 spiro atoms. The summed E-state index contributed by atoms with van der Waals surface area (Å²) >= 11 is 6.64. The molecule has 0 heterocycles. The fraction of sp³-hybridized carbons (Fsp3) is 0.385. The van der Waals surface area contributed by atoms with E-state index in [0.29, 0.717) is 18.7 Å². The first-order valence-electron chi connectivity index (χ1n) is 6.00. The molecule has 0 aromatic heterocycles. The van der Waals surface area contributed by atoms with E-state index >= 15 is 0 Å². The zero-order chi connectivity index (χ0) is 14.4. The third-order valence-corrected chi connectivity index (χ3v) is 3.56. The summed E-state index contributed by atoms with van der Waals surface area (Å²) in [5.41, 5.74) is 0.508. The summed E-state index contributed by atoms with van der Waals surface area (Å²) in [4.78, 5) is 25.4. The van der Waals surface area contributed by atoms with Crippen LogP contribution in [0.5, 0.6) is 0 Å². The molecule has 0 saturated carbocycles. The van der Waals surface area contributed by atoms with Gasteiger partial charge in [0.1, 0.15) is 0 Å². The summed E-state index contributed by atoms with van der Waals surface area (Å²) in [6, 6.07) is 5.27. The number of rotatable bonds is 5. The van der Waals surface area contributed by atoms with Crippen LogP contribution in [0.2, 0.25) is 0 Å². The molecule has 0 bridgehead atoms. The maximum absolute atomic E-state index is 11.9. The predicted octanol–water partition coefficient (Wildman–Crippen LogP) is 2.81. The molecule has 0 saturated heterocycles. The van der Waals surface area contributed by atoms with E-state index in [1.807, 2.05) is 19.9 Å². The van der Waals surface area contributed by atoms with Crippen LogP contribution in [0.3, 0.4) is 0 Å². The van der Waals surface area contributed by atoms with Crippen LogP contribution in [-0.4, -0.2) is 36.3 Å². The van der Waals surface area contributed by atoms with Crippen LogP contribution in [0.1, 0.15) is 24.2 Å². The molecule has 2 amide bonds. The largest absolute Gasteiger partial charge is 0.343 e. The van der Waals surface area contributed by atoms with E-state index in [-0.39, 0.29) is 18.4 Å². The first-order chi connectivity index (χ1) is 8.97. The van der Waals surface area contributed by atoms with Gasteiger partial charge in [-0.1, -0.05) is 31.9 Å². The minimum absolute atomic E-state index is 0.0185. The molecule has 104 valence electrons. The van der Waals surface area contributed by atoms with Crippen LogP contribution >= 0.6 is 31.9 Å². The second-order valence-electron chi connectivity index (χ2n) is 3.91. The quantitative estimate of drug-likeness (QED) is 0.838. The Morgan fingerprint density at radius 1 is 1.11 bits per heavy atom. The minimum atomic E-state index is -0.262. The average molecular weight is 392 g/mol. The molecule has 0 aliphatic heterocycles. The Labute approximate surface area is 129 Å². The van der Waals surface area contributed by atoms with Crippen molar-refractivity contribution in [2.24, 2.45) is 0 Å². The molecular formula is C13H16Br2N2O2. The van der Waals surface area contributed by atoms with Gasteiger partial charge in [-0.25, -0.2) is 0 Å². The van der Waals surface area contributed by atoms with Gasteiger partial charge in [-0.2, -0.15) is 0 Å². The Kier molecular flexibility index (Phi) is 6.51. The van der Waals surface area contributed by atoms with Crippen LogP contribution in [0.15, 0.2) is 27.1 Å². The van der Waals surface area contributed by atoms with Gasteiger partial charge in [0.15, 0.2) is 0 Å². The normalized spacial score (nSPS) is 10.1. The van der Waals surface area contributed by atoms with E-state index in [9.17, 15) is 9.59 Å².